The third kappa shape index (κ3) is 4.04. The van der Waals surface area contributed by atoms with Gasteiger partial charge in [0, 0.05) is 6.07 Å². The van der Waals surface area contributed by atoms with Crippen LogP contribution in [0.5, 0.6) is 5.75 Å². The maximum Gasteiger partial charge on any atom is 0.289 e. The molecule has 0 saturated carbocycles. The topological polar surface area (TPSA) is 111 Å². The highest BCUT2D eigenvalue weighted by molar-refractivity contribution is 7.89. The second kappa shape index (κ2) is 6.88. The Labute approximate surface area is 132 Å². The number of methoxy groups -OCH3 is 1. The minimum atomic E-state index is -4.13. The van der Waals surface area contributed by atoms with Crippen molar-refractivity contribution >= 4 is 21.9 Å². The fraction of sp³-hybridized carbons (Fsp3) is 0.0714. The molecule has 0 aliphatic rings. The van der Waals surface area contributed by atoms with E-state index in [4.69, 9.17) is 4.74 Å². The number of sulfonamides is 1. The van der Waals surface area contributed by atoms with E-state index in [-0.39, 0.29) is 0 Å². The van der Waals surface area contributed by atoms with Gasteiger partial charge in [0.25, 0.3) is 15.7 Å². The van der Waals surface area contributed by atoms with E-state index in [1.165, 1.54) is 25.5 Å². The first kappa shape index (κ1) is 16.4. The Morgan fingerprint density at radius 1 is 1.17 bits per heavy atom. The van der Waals surface area contributed by atoms with Gasteiger partial charge in [-0.3, -0.25) is 10.1 Å². The summed E-state index contributed by atoms with van der Waals surface area (Å²) in [6, 6.07) is 11.8. The Kier molecular flexibility index (Phi) is 4.91. The SMILES string of the molecule is COc1ccc(/C=N/NS(=O)(=O)c2ccccc2[N+](=O)[O-])cc1. The predicted molar refractivity (Wildman–Crippen MR) is 84.0 cm³/mol. The van der Waals surface area contributed by atoms with Crippen molar-refractivity contribution in [2.75, 3.05) is 7.11 Å². The van der Waals surface area contributed by atoms with Gasteiger partial charge in [0.2, 0.25) is 0 Å². The molecule has 0 heterocycles. The Balaban J connectivity index is 2.18. The molecule has 0 saturated heterocycles. The van der Waals surface area contributed by atoms with E-state index in [9.17, 15) is 18.5 Å². The van der Waals surface area contributed by atoms with Gasteiger partial charge in [0.05, 0.1) is 18.2 Å². The highest BCUT2D eigenvalue weighted by Gasteiger charge is 2.24. The molecule has 2 aromatic rings. The number of hydrogen-bond donors (Lipinski definition) is 1. The number of ether oxygens (including phenoxy) is 1. The van der Waals surface area contributed by atoms with Gasteiger partial charge in [0.1, 0.15) is 5.75 Å². The number of hydrazone groups is 1. The minimum absolute atomic E-state index is 0.447. The van der Waals surface area contributed by atoms with Crippen molar-refractivity contribution in [3.05, 3.63) is 64.2 Å². The molecule has 0 aromatic heterocycles. The minimum Gasteiger partial charge on any atom is -0.497 e. The molecule has 0 aliphatic heterocycles. The summed E-state index contributed by atoms with van der Waals surface area (Å²) in [4.78, 5) is 11.6. The lowest BCUT2D eigenvalue weighted by molar-refractivity contribution is -0.387. The Morgan fingerprint density at radius 3 is 2.43 bits per heavy atom. The Bertz CT molecular complexity index is 832. The molecule has 0 radical (unpaired) electrons. The summed E-state index contributed by atoms with van der Waals surface area (Å²) in [6.07, 6.45) is 1.28. The van der Waals surface area contributed by atoms with Crippen LogP contribution in [0.4, 0.5) is 5.69 Å². The number of para-hydroxylation sites is 1. The summed E-state index contributed by atoms with van der Waals surface area (Å²) in [7, 11) is -2.60. The lowest BCUT2D eigenvalue weighted by Gasteiger charge is -2.04. The van der Waals surface area contributed by atoms with Crippen molar-refractivity contribution in [2.24, 2.45) is 5.10 Å². The van der Waals surface area contributed by atoms with Crippen LogP contribution in [-0.2, 0) is 10.0 Å². The molecule has 23 heavy (non-hydrogen) atoms. The van der Waals surface area contributed by atoms with Crippen molar-refractivity contribution in [1.82, 2.24) is 4.83 Å². The average molecular weight is 335 g/mol. The lowest BCUT2D eigenvalue weighted by atomic mass is 10.2. The van der Waals surface area contributed by atoms with Crippen LogP contribution in [0.3, 0.4) is 0 Å². The molecular formula is C14H13N3O5S. The smallest absolute Gasteiger partial charge is 0.289 e. The van der Waals surface area contributed by atoms with Crippen molar-refractivity contribution in [2.45, 2.75) is 4.90 Å². The fourth-order valence-corrected chi connectivity index (χ4v) is 2.71. The maximum atomic E-state index is 12.1. The molecule has 0 spiro atoms. The van der Waals surface area contributed by atoms with Gasteiger partial charge in [-0.2, -0.15) is 18.4 Å². The van der Waals surface area contributed by atoms with Gasteiger partial charge in [-0.25, -0.2) is 0 Å². The van der Waals surface area contributed by atoms with E-state index in [0.29, 0.717) is 11.3 Å². The van der Waals surface area contributed by atoms with Crippen LogP contribution < -0.4 is 9.57 Å². The molecule has 0 amide bonds. The number of nitrogens with zero attached hydrogens (tertiary/aromatic N) is 2. The molecule has 9 heteroatoms. The summed E-state index contributed by atoms with van der Waals surface area (Å²) < 4.78 is 29.2. The molecule has 0 fully saturated rings. The summed E-state index contributed by atoms with van der Waals surface area (Å²) >= 11 is 0. The number of hydrogen-bond acceptors (Lipinski definition) is 6. The molecule has 0 bridgehead atoms. The maximum absolute atomic E-state index is 12.1. The summed E-state index contributed by atoms with van der Waals surface area (Å²) in [5, 5.41) is 14.5. The van der Waals surface area contributed by atoms with Crippen molar-refractivity contribution < 1.29 is 18.1 Å². The second-order valence-electron chi connectivity index (χ2n) is 4.35. The van der Waals surface area contributed by atoms with Crippen molar-refractivity contribution in [1.29, 1.82) is 0 Å². The van der Waals surface area contributed by atoms with Gasteiger partial charge in [-0.05, 0) is 35.9 Å². The zero-order valence-electron chi connectivity index (χ0n) is 12.0. The first-order valence-electron chi connectivity index (χ1n) is 6.36. The first-order valence-corrected chi connectivity index (χ1v) is 7.85. The molecule has 0 aliphatic carbocycles. The van der Waals surface area contributed by atoms with E-state index >= 15 is 0 Å². The largest absolute Gasteiger partial charge is 0.497 e. The fourth-order valence-electron chi connectivity index (χ4n) is 1.74. The van der Waals surface area contributed by atoms with Crippen LogP contribution in [0.1, 0.15) is 5.56 Å². The highest BCUT2D eigenvalue weighted by atomic mass is 32.2. The molecule has 120 valence electrons. The molecule has 8 nitrogen and oxygen atoms in total. The standard InChI is InChI=1S/C14H13N3O5S/c1-22-12-8-6-11(7-9-12)10-15-16-23(20,21)14-5-3-2-4-13(14)17(18)19/h2-10,16H,1H3/b15-10+. The van der Waals surface area contributed by atoms with Crippen molar-refractivity contribution in [3.8, 4) is 5.75 Å². The van der Waals surface area contributed by atoms with Crippen LogP contribution in [0, 0.1) is 10.1 Å². The Hall–Kier alpha value is -2.94. The molecule has 1 N–H and O–H groups in total. The highest BCUT2D eigenvalue weighted by Crippen LogP contribution is 2.22. The monoisotopic (exact) mass is 335 g/mol. The van der Waals surface area contributed by atoms with Gasteiger partial charge in [-0.1, -0.05) is 12.1 Å². The quantitative estimate of drug-likeness (QED) is 0.492. The third-order valence-corrected chi connectivity index (χ3v) is 4.12. The molecular weight excluding hydrogens is 322 g/mol. The zero-order chi connectivity index (χ0) is 16.9. The Morgan fingerprint density at radius 2 is 1.83 bits per heavy atom. The average Bonchev–Trinajstić information content (AvgIpc) is 2.55. The van der Waals surface area contributed by atoms with Crippen LogP contribution >= 0.6 is 0 Å². The van der Waals surface area contributed by atoms with Crippen LogP contribution in [0.25, 0.3) is 0 Å². The summed E-state index contributed by atoms with van der Waals surface area (Å²) in [6.45, 7) is 0. The second-order valence-corrected chi connectivity index (χ2v) is 5.98. The summed E-state index contributed by atoms with van der Waals surface area (Å²) in [5.74, 6) is 0.655. The lowest BCUT2D eigenvalue weighted by Crippen LogP contribution is -2.19. The van der Waals surface area contributed by atoms with Gasteiger partial charge >= 0.3 is 0 Å². The third-order valence-electron chi connectivity index (χ3n) is 2.85. The van der Waals surface area contributed by atoms with Gasteiger partial charge < -0.3 is 4.74 Å². The normalized spacial score (nSPS) is 11.3. The number of rotatable bonds is 6. The van der Waals surface area contributed by atoms with Crippen LogP contribution in [0.15, 0.2) is 58.5 Å². The summed E-state index contributed by atoms with van der Waals surface area (Å²) in [5.41, 5.74) is 0.121. The molecule has 2 aromatic carbocycles. The number of nitrogens with one attached hydrogen (secondary N) is 1. The van der Waals surface area contributed by atoms with E-state index in [1.807, 2.05) is 4.83 Å². The molecule has 0 unspecified atom stereocenters. The molecule has 2 rings (SSSR count). The first-order chi connectivity index (χ1) is 10.9. The zero-order valence-corrected chi connectivity index (χ0v) is 12.9. The van der Waals surface area contributed by atoms with E-state index < -0.39 is 25.5 Å². The number of nitro benzene ring substituents is 1. The van der Waals surface area contributed by atoms with Gasteiger partial charge in [0.15, 0.2) is 4.90 Å². The van der Waals surface area contributed by atoms with Gasteiger partial charge in [-0.15, -0.1) is 0 Å². The van der Waals surface area contributed by atoms with E-state index in [2.05, 4.69) is 5.10 Å². The number of benzene rings is 2. The molecule has 0 atom stereocenters. The van der Waals surface area contributed by atoms with Crippen molar-refractivity contribution in [3.63, 3.8) is 0 Å². The van der Waals surface area contributed by atoms with E-state index in [1.54, 1.807) is 24.3 Å². The van der Waals surface area contributed by atoms with Crippen LogP contribution in [0.2, 0.25) is 0 Å². The van der Waals surface area contributed by atoms with Crippen LogP contribution in [-0.4, -0.2) is 26.7 Å². The van der Waals surface area contributed by atoms with E-state index in [0.717, 1.165) is 12.1 Å². The number of nitro groups is 1. The predicted octanol–water partition coefficient (Wildman–Crippen LogP) is 1.92.